The van der Waals surface area contributed by atoms with Crippen LogP contribution in [0, 0.1) is 12.3 Å². The summed E-state index contributed by atoms with van der Waals surface area (Å²) in [4.78, 5) is 11.6. The van der Waals surface area contributed by atoms with Crippen molar-refractivity contribution in [2.75, 3.05) is 7.11 Å². The predicted octanol–water partition coefficient (Wildman–Crippen LogP) is 2.19. The molecule has 0 heterocycles. The Morgan fingerprint density at radius 3 is 2.25 bits per heavy atom. The molecule has 0 aliphatic heterocycles. The summed E-state index contributed by atoms with van der Waals surface area (Å²) in [5.74, 6) is -0.291. The van der Waals surface area contributed by atoms with Gasteiger partial charge in [0, 0.05) is 6.04 Å². The van der Waals surface area contributed by atoms with Gasteiger partial charge in [0.05, 0.1) is 12.5 Å². The maximum Gasteiger partial charge on any atom is 0.313 e. The average Bonchev–Trinajstić information content (AvgIpc) is 2.28. The van der Waals surface area contributed by atoms with Crippen LogP contribution in [0.15, 0.2) is 24.3 Å². The van der Waals surface area contributed by atoms with Crippen molar-refractivity contribution in [2.24, 2.45) is 11.1 Å². The maximum absolute atomic E-state index is 11.6. The van der Waals surface area contributed by atoms with Gasteiger partial charge in [-0.3, -0.25) is 4.79 Å². The lowest BCUT2D eigenvalue weighted by molar-refractivity contribution is -0.152. The highest BCUT2D eigenvalue weighted by atomic mass is 16.5. The molecule has 1 aromatic rings. The van der Waals surface area contributed by atoms with E-state index in [4.69, 9.17) is 10.5 Å². The Bertz CT molecular complexity index is 368. The highest BCUT2D eigenvalue weighted by molar-refractivity contribution is 5.77. The number of rotatable bonds is 3. The second kappa shape index (κ2) is 4.66. The van der Waals surface area contributed by atoms with Gasteiger partial charge >= 0.3 is 5.97 Å². The molecule has 0 unspecified atom stereocenters. The molecule has 3 nitrogen and oxygen atoms in total. The number of carbonyl (C=O) groups is 1. The Balaban J connectivity index is 2.97. The van der Waals surface area contributed by atoms with Crippen molar-refractivity contribution in [1.29, 1.82) is 0 Å². The van der Waals surface area contributed by atoms with Crippen molar-refractivity contribution in [3.63, 3.8) is 0 Å². The van der Waals surface area contributed by atoms with E-state index in [-0.39, 0.29) is 12.0 Å². The summed E-state index contributed by atoms with van der Waals surface area (Å²) in [6, 6.07) is 7.51. The first kappa shape index (κ1) is 12.7. The van der Waals surface area contributed by atoms with E-state index in [1.165, 1.54) is 12.7 Å². The fraction of sp³-hybridized carbons (Fsp3) is 0.462. The van der Waals surface area contributed by atoms with E-state index >= 15 is 0 Å². The van der Waals surface area contributed by atoms with Gasteiger partial charge in [0.25, 0.3) is 0 Å². The standard InChI is InChI=1S/C13H19NO2/c1-9-5-7-10(8-6-9)11(14)13(2,3)12(15)16-4/h5-8,11H,14H2,1-4H3/t11-/m0/s1. The molecule has 0 spiro atoms. The van der Waals surface area contributed by atoms with Crippen LogP contribution in [0.1, 0.15) is 31.0 Å². The van der Waals surface area contributed by atoms with E-state index in [2.05, 4.69) is 0 Å². The predicted molar refractivity (Wildman–Crippen MR) is 63.9 cm³/mol. The molecule has 2 N–H and O–H groups in total. The Kier molecular flexibility index (Phi) is 3.70. The van der Waals surface area contributed by atoms with Gasteiger partial charge in [-0.05, 0) is 26.3 Å². The number of hydrogen-bond acceptors (Lipinski definition) is 3. The number of aryl methyl sites for hydroxylation is 1. The van der Waals surface area contributed by atoms with Crippen molar-refractivity contribution in [3.05, 3.63) is 35.4 Å². The van der Waals surface area contributed by atoms with Crippen molar-refractivity contribution < 1.29 is 9.53 Å². The van der Waals surface area contributed by atoms with Crippen molar-refractivity contribution in [3.8, 4) is 0 Å². The Labute approximate surface area is 96.6 Å². The third-order valence-corrected chi connectivity index (χ3v) is 2.93. The van der Waals surface area contributed by atoms with Gasteiger partial charge in [0.1, 0.15) is 0 Å². The molecule has 0 amide bonds. The summed E-state index contributed by atoms with van der Waals surface area (Å²) < 4.78 is 4.76. The first-order chi connectivity index (χ1) is 7.39. The lowest BCUT2D eigenvalue weighted by atomic mass is 9.81. The highest BCUT2D eigenvalue weighted by Crippen LogP contribution is 2.32. The molecule has 1 atom stereocenters. The van der Waals surface area contributed by atoms with Crippen molar-refractivity contribution in [1.82, 2.24) is 0 Å². The quantitative estimate of drug-likeness (QED) is 0.796. The van der Waals surface area contributed by atoms with E-state index in [1.807, 2.05) is 31.2 Å². The van der Waals surface area contributed by atoms with Crippen LogP contribution in [0.25, 0.3) is 0 Å². The van der Waals surface area contributed by atoms with Crippen LogP contribution in [0.5, 0.6) is 0 Å². The first-order valence-corrected chi connectivity index (χ1v) is 5.30. The Morgan fingerprint density at radius 2 is 1.81 bits per heavy atom. The van der Waals surface area contributed by atoms with E-state index in [0.29, 0.717) is 0 Å². The zero-order valence-corrected chi connectivity index (χ0v) is 10.3. The lowest BCUT2D eigenvalue weighted by Gasteiger charge is -2.28. The molecule has 0 fully saturated rings. The molecule has 0 saturated heterocycles. The van der Waals surface area contributed by atoms with Crippen molar-refractivity contribution in [2.45, 2.75) is 26.8 Å². The minimum absolute atomic E-state index is 0.291. The molecule has 0 radical (unpaired) electrons. The third kappa shape index (κ3) is 2.42. The maximum atomic E-state index is 11.6. The van der Waals surface area contributed by atoms with Crippen LogP contribution >= 0.6 is 0 Å². The fourth-order valence-corrected chi connectivity index (χ4v) is 1.58. The van der Waals surface area contributed by atoms with Crippen LogP contribution in [0.3, 0.4) is 0 Å². The summed E-state index contributed by atoms with van der Waals surface area (Å²) in [6.07, 6.45) is 0. The van der Waals surface area contributed by atoms with Gasteiger partial charge in [-0.25, -0.2) is 0 Å². The molecule has 1 rings (SSSR count). The first-order valence-electron chi connectivity index (χ1n) is 5.30. The molecule has 0 saturated carbocycles. The van der Waals surface area contributed by atoms with E-state index in [0.717, 1.165) is 5.56 Å². The molecule has 1 aromatic carbocycles. The van der Waals surface area contributed by atoms with Crippen LogP contribution in [-0.4, -0.2) is 13.1 Å². The topological polar surface area (TPSA) is 52.3 Å². The van der Waals surface area contributed by atoms with Crippen LogP contribution in [-0.2, 0) is 9.53 Å². The van der Waals surface area contributed by atoms with Gasteiger partial charge < -0.3 is 10.5 Å². The van der Waals surface area contributed by atoms with Gasteiger partial charge in [-0.15, -0.1) is 0 Å². The molecular formula is C13H19NO2. The molecule has 88 valence electrons. The van der Waals surface area contributed by atoms with Crippen LogP contribution in [0.4, 0.5) is 0 Å². The average molecular weight is 221 g/mol. The summed E-state index contributed by atoms with van der Waals surface area (Å²) in [5, 5.41) is 0. The summed E-state index contributed by atoms with van der Waals surface area (Å²) >= 11 is 0. The van der Waals surface area contributed by atoms with Gasteiger partial charge in [0.15, 0.2) is 0 Å². The normalized spacial score (nSPS) is 13.3. The van der Waals surface area contributed by atoms with Crippen molar-refractivity contribution >= 4 is 5.97 Å². The minimum atomic E-state index is -0.718. The van der Waals surface area contributed by atoms with Crippen LogP contribution < -0.4 is 5.73 Å². The number of hydrogen-bond donors (Lipinski definition) is 1. The van der Waals surface area contributed by atoms with Gasteiger partial charge in [-0.1, -0.05) is 29.8 Å². The smallest absolute Gasteiger partial charge is 0.313 e. The molecule has 16 heavy (non-hydrogen) atoms. The molecule has 3 heteroatoms. The third-order valence-electron chi connectivity index (χ3n) is 2.93. The van der Waals surface area contributed by atoms with Crippen LogP contribution in [0.2, 0.25) is 0 Å². The molecule has 0 aromatic heterocycles. The van der Waals surface area contributed by atoms with E-state index < -0.39 is 5.41 Å². The zero-order chi connectivity index (χ0) is 12.3. The Morgan fingerprint density at radius 1 is 1.31 bits per heavy atom. The number of methoxy groups -OCH3 is 1. The number of nitrogens with two attached hydrogens (primary N) is 1. The second-order valence-corrected chi connectivity index (χ2v) is 4.60. The molecule has 0 bridgehead atoms. The Hall–Kier alpha value is -1.35. The molecule has 0 aliphatic rings. The second-order valence-electron chi connectivity index (χ2n) is 4.60. The largest absolute Gasteiger partial charge is 0.469 e. The minimum Gasteiger partial charge on any atom is -0.469 e. The van der Waals surface area contributed by atoms with Gasteiger partial charge in [0.2, 0.25) is 0 Å². The lowest BCUT2D eigenvalue weighted by Crippen LogP contribution is -2.37. The molecule has 0 aliphatic carbocycles. The zero-order valence-electron chi connectivity index (χ0n) is 10.3. The number of ether oxygens (including phenoxy) is 1. The monoisotopic (exact) mass is 221 g/mol. The number of benzene rings is 1. The summed E-state index contributed by atoms with van der Waals surface area (Å²) in [7, 11) is 1.38. The fourth-order valence-electron chi connectivity index (χ4n) is 1.58. The summed E-state index contributed by atoms with van der Waals surface area (Å²) in [6.45, 7) is 5.60. The highest BCUT2D eigenvalue weighted by Gasteiger charge is 2.36. The number of esters is 1. The SMILES string of the molecule is COC(=O)C(C)(C)[C@@H](N)c1ccc(C)cc1. The van der Waals surface area contributed by atoms with Gasteiger partial charge in [-0.2, -0.15) is 0 Å². The summed E-state index contributed by atoms with van der Waals surface area (Å²) in [5.41, 5.74) is 7.50. The van der Waals surface area contributed by atoms with E-state index in [1.54, 1.807) is 13.8 Å². The molecular weight excluding hydrogens is 202 g/mol. The number of carbonyl (C=O) groups excluding carboxylic acids is 1. The van der Waals surface area contributed by atoms with E-state index in [9.17, 15) is 4.79 Å².